The molecular formula is C14H15Cl2N3O. The molecule has 0 aliphatic rings. The summed E-state index contributed by atoms with van der Waals surface area (Å²) in [6, 6.07) is 5.58. The van der Waals surface area contributed by atoms with E-state index in [0.29, 0.717) is 15.9 Å². The molecule has 1 heterocycles. The number of aromatic nitrogens is 1. The van der Waals surface area contributed by atoms with E-state index in [2.05, 4.69) is 10.4 Å². The van der Waals surface area contributed by atoms with E-state index in [1.165, 1.54) is 0 Å². The van der Waals surface area contributed by atoms with Crippen LogP contribution in [0.3, 0.4) is 0 Å². The lowest BCUT2D eigenvalue weighted by atomic mass is 10.1. The van der Waals surface area contributed by atoms with Gasteiger partial charge in [-0.25, -0.2) is 5.84 Å². The Balaban J connectivity index is 2.48. The fraction of sp³-hybridized carbons (Fsp3) is 0.214. The standard InChI is InChI=1S/C14H15Cl2N3O/c1-7-4-5-8(2)12(9(7)3)20-14-11(16)6-10(15)13(18-14)19-17/h4-6H,17H2,1-3H3,(H,18,19). The van der Waals surface area contributed by atoms with Crippen LogP contribution in [-0.4, -0.2) is 4.98 Å². The minimum atomic E-state index is 0.265. The average molecular weight is 312 g/mol. The third kappa shape index (κ3) is 2.82. The molecule has 106 valence electrons. The number of nitrogen functional groups attached to an aromatic ring is 1. The molecule has 0 radical (unpaired) electrons. The number of nitrogens with two attached hydrogens (primary N) is 1. The van der Waals surface area contributed by atoms with Gasteiger partial charge >= 0.3 is 0 Å². The molecule has 0 spiro atoms. The van der Waals surface area contributed by atoms with Crippen LogP contribution in [0.15, 0.2) is 18.2 Å². The number of ether oxygens (including phenoxy) is 1. The van der Waals surface area contributed by atoms with Crippen molar-refractivity contribution in [2.45, 2.75) is 20.8 Å². The summed E-state index contributed by atoms with van der Waals surface area (Å²) in [6.07, 6.45) is 0. The lowest BCUT2D eigenvalue weighted by molar-refractivity contribution is 0.456. The first kappa shape index (κ1) is 14.9. The summed E-state index contributed by atoms with van der Waals surface area (Å²) in [6.45, 7) is 5.97. The Labute approximate surface area is 127 Å². The third-order valence-corrected chi connectivity index (χ3v) is 3.67. The minimum absolute atomic E-state index is 0.265. The quantitative estimate of drug-likeness (QED) is 0.652. The molecule has 0 saturated carbocycles. The molecule has 0 aliphatic carbocycles. The maximum absolute atomic E-state index is 6.11. The van der Waals surface area contributed by atoms with Crippen LogP contribution in [0.1, 0.15) is 16.7 Å². The van der Waals surface area contributed by atoms with Gasteiger partial charge in [0.25, 0.3) is 0 Å². The number of aryl methyl sites for hydroxylation is 2. The zero-order chi connectivity index (χ0) is 14.9. The Morgan fingerprint density at radius 1 is 1.10 bits per heavy atom. The molecule has 0 atom stereocenters. The van der Waals surface area contributed by atoms with E-state index < -0.39 is 0 Å². The second-order valence-corrected chi connectivity index (χ2v) is 5.32. The summed E-state index contributed by atoms with van der Waals surface area (Å²) in [5.41, 5.74) is 5.58. The van der Waals surface area contributed by atoms with Crippen molar-refractivity contribution in [3.8, 4) is 11.6 Å². The summed E-state index contributed by atoms with van der Waals surface area (Å²) in [5, 5.41) is 0.664. The van der Waals surface area contributed by atoms with Crippen LogP contribution in [0.4, 0.5) is 5.82 Å². The van der Waals surface area contributed by atoms with Gasteiger partial charge in [-0.2, -0.15) is 4.98 Å². The van der Waals surface area contributed by atoms with Gasteiger partial charge in [0.1, 0.15) is 10.8 Å². The molecule has 0 saturated heterocycles. The van der Waals surface area contributed by atoms with Crippen LogP contribution < -0.4 is 16.0 Å². The number of pyridine rings is 1. The number of hydrogen-bond donors (Lipinski definition) is 2. The number of anilines is 1. The Morgan fingerprint density at radius 3 is 2.40 bits per heavy atom. The number of hydrogen-bond acceptors (Lipinski definition) is 4. The van der Waals surface area contributed by atoms with E-state index >= 15 is 0 Å². The fourth-order valence-corrected chi connectivity index (χ4v) is 2.25. The van der Waals surface area contributed by atoms with Crippen LogP contribution in [0.2, 0.25) is 10.0 Å². The summed E-state index contributed by atoms with van der Waals surface area (Å²) in [5.74, 6) is 6.67. The van der Waals surface area contributed by atoms with E-state index in [-0.39, 0.29) is 5.88 Å². The molecular weight excluding hydrogens is 297 g/mol. The van der Waals surface area contributed by atoms with Crippen molar-refractivity contribution in [3.05, 3.63) is 44.9 Å². The van der Waals surface area contributed by atoms with E-state index in [1.807, 2.05) is 32.9 Å². The first-order valence-electron chi connectivity index (χ1n) is 6.01. The van der Waals surface area contributed by atoms with Crippen LogP contribution in [0.5, 0.6) is 11.6 Å². The number of nitrogens with zero attached hydrogens (tertiary/aromatic N) is 1. The van der Waals surface area contributed by atoms with Crippen molar-refractivity contribution in [2.24, 2.45) is 5.84 Å². The van der Waals surface area contributed by atoms with Crippen LogP contribution >= 0.6 is 23.2 Å². The monoisotopic (exact) mass is 311 g/mol. The molecule has 6 heteroatoms. The smallest absolute Gasteiger partial charge is 0.240 e. The Bertz CT molecular complexity index is 659. The zero-order valence-electron chi connectivity index (χ0n) is 11.4. The maximum Gasteiger partial charge on any atom is 0.240 e. The first-order valence-corrected chi connectivity index (χ1v) is 6.77. The van der Waals surface area contributed by atoms with Gasteiger partial charge in [0.2, 0.25) is 5.88 Å². The Hall–Kier alpha value is -1.49. The lowest BCUT2D eigenvalue weighted by Gasteiger charge is -2.14. The van der Waals surface area contributed by atoms with Gasteiger partial charge < -0.3 is 10.2 Å². The Kier molecular flexibility index (Phi) is 4.38. The van der Waals surface area contributed by atoms with Crippen molar-refractivity contribution in [2.75, 3.05) is 5.43 Å². The molecule has 0 unspecified atom stereocenters. The van der Waals surface area contributed by atoms with Crippen LogP contribution in [-0.2, 0) is 0 Å². The van der Waals surface area contributed by atoms with E-state index in [4.69, 9.17) is 33.8 Å². The van der Waals surface area contributed by atoms with Gasteiger partial charge in [0.15, 0.2) is 5.82 Å². The molecule has 0 amide bonds. The van der Waals surface area contributed by atoms with Gasteiger partial charge in [0, 0.05) is 0 Å². The van der Waals surface area contributed by atoms with Gasteiger partial charge in [0.05, 0.1) is 5.02 Å². The number of hydrazine groups is 1. The normalized spacial score (nSPS) is 10.5. The predicted octanol–water partition coefficient (Wildman–Crippen LogP) is 4.39. The molecule has 0 bridgehead atoms. The molecule has 0 fully saturated rings. The number of rotatable bonds is 3. The van der Waals surface area contributed by atoms with Crippen molar-refractivity contribution >= 4 is 29.0 Å². The maximum atomic E-state index is 6.11. The van der Waals surface area contributed by atoms with Gasteiger partial charge in [-0.3, -0.25) is 0 Å². The summed E-state index contributed by atoms with van der Waals surface area (Å²) in [4.78, 5) is 4.18. The largest absolute Gasteiger partial charge is 0.437 e. The predicted molar refractivity (Wildman–Crippen MR) is 82.8 cm³/mol. The van der Waals surface area contributed by atoms with Crippen LogP contribution in [0, 0.1) is 20.8 Å². The van der Waals surface area contributed by atoms with Crippen molar-refractivity contribution in [1.29, 1.82) is 0 Å². The number of benzene rings is 1. The SMILES string of the molecule is Cc1ccc(C)c(Oc2nc(NN)c(Cl)cc2Cl)c1C. The molecule has 0 aliphatic heterocycles. The van der Waals surface area contributed by atoms with Gasteiger partial charge in [-0.1, -0.05) is 35.3 Å². The molecule has 2 rings (SSSR count). The molecule has 3 N–H and O–H groups in total. The molecule has 2 aromatic rings. The van der Waals surface area contributed by atoms with Crippen molar-refractivity contribution < 1.29 is 4.74 Å². The van der Waals surface area contributed by atoms with Gasteiger partial charge in [-0.05, 0) is 43.5 Å². The summed E-state index contributed by atoms with van der Waals surface area (Å²) in [7, 11) is 0. The van der Waals surface area contributed by atoms with Gasteiger partial charge in [-0.15, -0.1) is 0 Å². The number of halogens is 2. The van der Waals surface area contributed by atoms with Crippen molar-refractivity contribution in [3.63, 3.8) is 0 Å². The second kappa shape index (κ2) is 5.87. The fourth-order valence-electron chi connectivity index (χ4n) is 1.80. The zero-order valence-corrected chi connectivity index (χ0v) is 12.9. The minimum Gasteiger partial charge on any atom is -0.437 e. The highest BCUT2D eigenvalue weighted by atomic mass is 35.5. The highest BCUT2D eigenvalue weighted by Gasteiger charge is 2.14. The topological polar surface area (TPSA) is 60.2 Å². The highest BCUT2D eigenvalue weighted by Crippen LogP contribution is 2.36. The highest BCUT2D eigenvalue weighted by molar-refractivity contribution is 6.36. The summed E-state index contributed by atoms with van der Waals surface area (Å²) < 4.78 is 5.85. The van der Waals surface area contributed by atoms with E-state index in [0.717, 1.165) is 22.4 Å². The first-order chi connectivity index (χ1) is 9.43. The average Bonchev–Trinajstić information content (AvgIpc) is 2.41. The molecule has 4 nitrogen and oxygen atoms in total. The number of nitrogens with one attached hydrogen (secondary N) is 1. The molecule has 1 aromatic carbocycles. The van der Waals surface area contributed by atoms with E-state index in [9.17, 15) is 0 Å². The third-order valence-electron chi connectivity index (χ3n) is 3.11. The van der Waals surface area contributed by atoms with E-state index in [1.54, 1.807) is 6.07 Å². The Morgan fingerprint density at radius 2 is 1.75 bits per heavy atom. The van der Waals surface area contributed by atoms with Crippen molar-refractivity contribution in [1.82, 2.24) is 4.98 Å². The second-order valence-electron chi connectivity index (χ2n) is 4.51. The van der Waals surface area contributed by atoms with Crippen LogP contribution in [0.25, 0.3) is 0 Å². The molecule has 1 aromatic heterocycles. The lowest BCUT2D eigenvalue weighted by Crippen LogP contribution is -2.09. The molecule has 20 heavy (non-hydrogen) atoms. The summed E-state index contributed by atoms with van der Waals surface area (Å²) >= 11 is 12.1.